The Morgan fingerprint density at radius 3 is 2.92 bits per heavy atom. The number of nitrogens with one attached hydrogen (secondary N) is 2. The van der Waals surface area contributed by atoms with Gasteiger partial charge in [-0.05, 0) is 38.0 Å². The molecule has 1 aromatic carbocycles. The summed E-state index contributed by atoms with van der Waals surface area (Å²) in [6, 6.07) is 7.26. The summed E-state index contributed by atoms with van der Waals surface area (Å²) in [7, 11) is 0. The third kappa shape index (κ3) is 3.91. The Labute approximate surface area is 154 Å². The summed E-state index contributed by atoms with van der Waals surface area (Å²) < 4.78 is 10.6. The van der Waals surface area contributed by atoms with E-state index in [0.717, 1.165) is 37.4 Å². The second kappa shape index (κ2) is 7.51. The molecule has 1 aliphatic rings. The van der Waals surface area contributed by atoms with E-state index >= 15 is 0 Å². The minimum absolute atomic E-state index is 0.111. The fourth-order valence-corrected chi connectivity index (χ4v) is 3.99. The van der Waals surface area contributed by atoms with E-state index in [0.29, 0.717) is 33.6 Å². The first-order chi connectivity index (χ1) is 12.7. The highest BCUT2D eigenvalue weighted by molar-refractivity contribution is 7.99. The first-order valence-corrected chi connectivity index (χ1v) is 9.65. The van der Waals surface area contributed by atoms with E-state index in [2.05, 4.69) is 20.4 Å². The molecule has 0 bridgehead atoms. The fourth-order valence-electron chi connectivity index (χ4n) is 2.94. The number of anilines is 2. The summed E-state index contributed by atoms with van der Waals surface area (Å²) in [6.07, 6.45) is 2.10. The van der Waals surface area contributed by atoms with Crippen LogP contribution in [0.5, 0.6) is 0 Å². The summed E-state index contributed by atoms with van der Waals surface area (Å²) in [5, 5.41) is 8.13. The molecule has 3 heterocycles. The molecule has 1 fully saturated rings. The highest BCUT2D eigenvalue weighted by Crippen LogP contribution is 2.25. The Morgan fingerprint density at radius 1 is 1.31 bits per heavy atom. The normalized spacial score (nSPS) is 15.4. The Kier molecular flexibility index (Phi) is 4.94. The molecule has 0 atom stereocenters. The molecule has 3 aromatic rings. The number of ether oxygens (including phenoxy) is 1. The lowest BCUT2D eigenvalue weighted by Crippen LogP contribution is -2.18. The van der Waals surface area contributed by atoms with E-state index in [-0.39, 0.29) is 5.56 Å². The minimum Gasteiger partial charge on any atom is -0.381 e. The maximum atomic E-state index is 12.3. The number of fused-ring (bicyclic) bond motifs is 1. The average molecular weight is 372 g/mol. The Hall–Kier alpha value is -2.32. The molecule has 136 valence electrons. The van der Waals surface area contributed by atoms with Gasteiger partial charge in [0, 0.05) is 30.2 Å². The number of nitrogens with zero attached hydrogens (tertiary/aromatic N) is 2. The van der Waals surface area contributed by atoms with Crippen molar-refractivity contribution in [3.63, 3.8) is 0 Å². The van der Waals surface area contributed by atoms with Gasteiger partial charge in [0.1, 0.15) is 5.82 Å². The highest BCUT2D eigenvalue weighted by atomic mass is 32.2. The van der Waals surface area contributed by atoms with Crippen molar-refractivity contribution in [1.29, 1.82) is 0 Å². The van der Waals surface area contributed by atoms with E-state index in [1.807, 2.05) is 36.9 Å². The Bertz CT molecular complexity index is 962. The van der Waals surface area contributed by atoms with Crippen LogP contribution in [0.15, 0.2) is 33.6 Å². The van der Waals surface area contributed by atoms with E-state index in [1.165, 1.54) is 0 Å². The standard InChI is InChI=1S/C18H20N4O3S/c1-11-8-17(25-22-11)19-12-2-3-14-15(9-12)20-16(21-18(14)23)10-26-13-4-6-24-7-5-13/h2-3,8-9,13,19H,4-7,10H2,1H3,(H,20,21,23). The van der Waals surface area contributed by atoms with E-state index in [1.54, 1.807) is 6.07 Å². The lowest BCUT2D eigenvalue weighted by molar-refractivity contribution is 0.1000. The van der Waals surface area contributed by atoms with E-state index < -0.39 is 0 Å². The van der Waals surface area contributed by atoms with Crippen LogP contribution in [0.3, 0.4) is 0 Å². The summed E-state index contributed by atoms with van der Waals surface area (Å²) >= 11 is 1.83. The smallest absolute Gasteiger partial charge is 0.258 e. The van der Waals surface area contributed by atoms with Crippen LogP contribution in [0.4, 0.5) is 11.6 Å². The van der Waals surface area contributed by atoms with Crippen molar-refractivity contribution in [1.82, 2.24) is 15.1 Å². The number of H-pyrrole nitrogens is 1. The predicted molar refractivity (Wildman–Crippen MR) is 102 cm³/mol. The first-order valence-electron chi connectivity index (χ1n) is 8.60. The largest absolute Gasteiger partial charge is 0.381 e. The molecule has 0 amide bonds. The summed E-state index contributed by atoms with van der Waals surface area (Å²) in [5.74, 6) is 1.95. The molecule has 0 saturated carbocycles. The van der Waals surface area contributed by atoms with E-state index in [4.69, 9.17) is 9.26 Å². The minimum atomic E-state index is -0.111. The third-order valence-electron chi connectivity index (χ3n) is 4.28. The molecule has 2 aromatic heterocycles. The molecular formula is C18H20N4O3S. The number of rotatable bonds is 5. The zero-order chi connectivity index (χ0) is 17.9. The van der Waals surface area contributed by atoms with Gasteiger partial charge in [-0.3, -0.25) is 4.79 Å². The van der Waals surface area contributed by atoms with Crippen molar-refractivity contribution >= 4 is 34.2 Å². The Balaban J connectivity index is 1.54. The van der Waals surface area contributed by atoms with Gasteiger partial charge in [0.05, 0.1) is 22.3 Å². The number of aromatic amines is 1. The third-order valence-corrected chi connectivity index (χ3v) is 5.66. The van der Waals surface area contributed by atoms with Gasteiger partial charge < -0.3 is 19.6 Å². The van der Waals surface area contributed by atoms with Gasteiger partial charge in [0.25, 0.3) is 5.56 Å². The monoisotopic (exact) mass is 372 g/mol. The van der Waals surface area contributed by atoms with Gasteiger partial charge in [-0.1, -0.05) is 5.16 Å². The van der Waals surface area contributed by atoms with Crippen LogP contribution in [0.2, 0.25) is 0 Å². The van der Waals surface area contributed by atoms with Crippen LogP contribution in [0.1, 0.15) is 24.4 Å². The number of aromatic nitrogens is 3. The molecule has 0 unspecified atom stereocenters. The van der Waals surface area contributed by atoms with Crippen molar-refractivity contribution in [2.24, 2.45) is 0 Å². The number of hydrogen-bond acceptors (Lipinski definition) is 7. The van der Waals surface area contributed by atoms with Crippen molar-refractivity contribution in [2.75, 3.05) is 18.5 Å². The molecule has 0 spiro atoms. The number of hydrogen-bond donors (Lipinski definition) is 2. The second-order valence-corrected chi connectivity index (χ2v) is 7.61. The van der Waals surface area contributed by atoms with Crippen molar-refractivity contribution in [2.45, 2.75) is 30.8 Å². The number of benzene rings is 1. The van der Waals surface area contributed by atoms with Crippen LogP contribution in [-0.4, -0.2) is 33.6 Å². The number of aryl methyl sites for hydroxylation is 1. The number of thioether (sulfide) groups is 1. The van der Waals surface area contributed by atoms with Crippen molar-refractivity contribution < 1.29 is 9.26 Å². The Morgan fingerprint density at radius 2 is 2.15 bits per heavy atom. The molecule has 26 heavy (non-hydrogen) atoms. The first kappa shape index (κ1) is 17.1. The van der Waals surface area contributed by atoms with Crippen LogP contribution < -0.4 is 10.9 Å². The fraction of sp³-hybridized carbons (Fsp3) is 0.389. The molecular weight excluding hydrogens is 352 g/mol. The van der Waals surface area contributed by atoms with Crippen LogP contribution in [0.25, 0.3) is 10.9 Å². The van der Waals surface area contributed by atoms with Gasteiger partial charge in [0.15, 0.2) is 0 Å². The zero-order valence-electron chi connectivity index (χ0n) is 14.4. The van der Waals surface area contributed by atoms with E-state index in [9.17, 15) is 4.79 Å². The van der Waals surface area contributed by atoms with Gasteiger partial charge in [0.2, 0.25) is 5.88 Å². The molecule has 0 radical (unpaired) electrons. The second-order valence-electron chi connectivity index (χ2n) is 6.32. The molecule has 1 aliphatic heterocycles. The molecule has 2 N–H and O–H groups in total. The zero-order valence-corrected chi connectivity index (χ0v) is 15.3. The summed E-state index contributed by atoms with van der Waals surface area (Å²) in [6.45, 7) is 3.49. The summed E-state index contributed by atoms with van der Waals surface area (Å²) in [4.78, 5) is 19.9. The van der Waals surface area contributed by atoms with Gasteiger partial charge in [-0.2, -0.15) is 11.8 Å². The predicted octanol–water partition coefficient (Wildman–Crippen LogP) is 3.38. The molecule has 4 rings (SSSR count). The lowest BCUT2D eigenvalue weighted by atomic mass is 10.2. The van der Waals surface area contributed by atoms with Gasteiger partial charge in [-0.15, -0.1) is 0 Å². The van der Waals surface area contributed by atoms with Crippen LogP contribution >= 0.6 is 11.8 Å². The molecule has 0 aliphatic carbocycles. The van der Waals surface area contributed by atoms with Crippen molar-refractivity contribution in [3.8, 4) is 0 Å². The van der Waals surface area contributed by atoms with Gasteiger partial charge in [-0.25, -0.2) is 4.98 Å². The lowest BCUT2D eigenvalue weighted by Gasteiger charge is -2.21. The molecule has 7 nitrogen and oxygen atoms in total. The topological polar surface area (TPSA) is 93.0 Å². The highest BCUT2D eigenvalue weighted by Gasteiger charge is 2.15. The quantitative estimate of drug-likeness (QED) is 0.709. The molecule has 8 heteroatoms. The SMILES string of the molecule is Cc1cc(Nc2ccc3c(=O)[nH]c(CSC4CCOCC4)nc3c2)on1. The van der Waals surface area contributed by atoms with Crippen LogP contribution in [-0.2, 0) is 10.5 Å². The summed E-state index contributed by atoms with van der Waals surface area (Å²) in [5.41, 5.74) is 2.15. The van der Waals surface area contributed by atoms with Gasteiger partial charge >= 0.3 is 0 Å². The van der Waals surface area contributed by atoms with Crippen molar-refractivity contribution in [3.05, 3.63) is 46.1 Å². The maximum Gasteiger partial charge on any atom is 0.258 e. The average Bonchev–Trinajstić information content (AvgIpc) is 3.05. The van der Waals surface area contributed by atoms with Crippen LogP contribution in [0, 0.1) is 6.92 Å². The maximum absolute atomic E-state index is 12.3. The molecule has 1 saturated heterocycles.